The maximum atomic E-state index is 11.9. The van der Waals surface area contributed by atoms with E-state index < -0.39 is 5.60 Å². The molecule has 1 aliphatic heterocycles. The maximum Gasteiger partial charge on any atom is 0.117 e. The van der Waals surface area contributed by atoms with E-state index in [-0.39, 0.29) is 0 Å². The van der Waals surface area contributed by atoms with Crippen LogP contribution in [0.4, 0.5) is 0 Å². The Morgan fingerprint density at radius 3 is 2.56 bits per heavy atom. The zero-order chi connectivity index (χ0) is 17.4. The largest absolute Gasteiger partial charge is 0.380 e. The third-order valence-corrected chi connectivity index (χ3v) is 4.92. The molecule has 5 nitrogen and oxygen atoms in total. The van der Waals surface area contributed by atoms with E-state index in [0.29, 0.717) is 6.42 Å². The van der Waals surface area contributed by atoms with Crippen LogP contribution in [0.2, 0.25) is 0 Å². The molecule has 1 aromatic heterocycles. The van der Waals surface area contributed by atoms with Crippen LogP contribution in [0.15, 0.2) is 54.7 Å². The summed E-state index contributed by atoms with van der Waals surface area (Å²) in [4.78, 5) is 2.15. The third-order valence-electron chi connectivity index (χ3n) is 4.92. The molecule has 0 bridgehead atoms. The van der Waals surface area contributed by atoms with Crippen LogP contribution in [0.25, 0.3) is 16.9 Å². The van der Waals surface area contributed by atoms with Crippen molar-refractivity contribution in [3.05, 3.63) is 65.9 Å². The fourth-order valence-corrected chi connectivity index (χ4v) is 3.74. The average Bonchev–Trinajstić information content (AvgIpc) is 3.08. The van der Waals surface area contributed by atoms with E-state index >= 15 is 0 Å². The molecule has 0 fully saturated rings. The van der Waals surface area contributed by atoms with Crippen molar-refractivity contribution >= 4 is 0 Å². The van der Waals surface area contributed by atoms with Gasteiger partial charge in [-0.25, -0.2) is 4.68 Å². The molecule has 0 saturated carbocycles. The van der Waals surface area contributed by atoms with Crippen molar-refractivity contribution in [2.75, 3.05) is 20.6 Å². The molecule has 3 aromatic rings. The van der Waals surface area contributed by atoms with E-state index in [1.165, 1.54) is 0 Å². The topological polar surface area (TPSA) is 54.2 Å². The van der Waals surface area contributed by atoms with Gasteiger partial charge in [-0.15, -0.1) is 5.10 Å². The van der Waals surface area contributed by atoms with Gasteiger partial charge in [0.1, 0.15) is 5.60 Å². The summed E-state index contributed by atoms with van der Waals surface area (Å²) in [7, 11) is 4.11. The van der Waals surface area contributed by atoms with Crippen molar-refractivity contribution < 1.29 is 5.11 Å². The molecular weight excluding hydrogens is 312 g/mol. The minimum Gasteiger partial charge on any atom is -0.380 e. The summed E-state index contributed by atoms with van der Waals surface area (Å²) >= 11 is 0. The summed E-state index contributed by atoms with van der Waals surface area (Å²) in [6.45, 7) is 0.929. The highest BCUT2D eigenvalue weighted by molar-refractivity contribution is 5.71. The van der Waals surface area contributed by atoms with E-state index in [1.807, 2.05) is 53.2 Å². The number of hydrogen-bond donors (Lipinski definition) is 1. The molecule has 2 aromatic carbocycles. The number of hydrogen-bond acceptors (Lipinski definition) is 4. The maximum absolute atomic E-state index is 11.9. The summed E-state index contributed by atoms with van der Waals surface area (Å²) in [6.07, 6.45) is 3.31. The Morgan fingerprint density at radius 1 is 1.04 bits per heavy atom. The van der Waals surface area contributed by atoms with E-state index in [1.54, 1.807) is 6.20 Å². The van der Waals surface area contributed by atoms with Crippen LogP contribution in [-0.4, -0.2) is 45.6 Å². The first-order valence-electron chi connectivity index (χ1n) is 8.59. The minimum atomic E-state index is -1.05. The van der Waals surface area contributed by atoms with E-state index in [0.717, 1.165) is 41.0 Å². The lowest BCUT2D eigenvalue weighted by Crippen LogP contribution is -2.30. The molecule has 0 radical (unpaired) electrons. The second-order valence-corrected chi connectivity index (χ2v) is 6.86. The van der Waals surface area contributed by atoms with E-state index in [9.17, 15) is 5.11 Å². The van der Waals surface area contributed by atoms with Crippen LogP contribution in [0.3, 0.4) is 0 Å². The molecule has 128 valence electrons. The average molecular weight is 334 g/mol. The minimum absolute atomic E-state index is 0.650. The molecule has 2 heterocycles. The first kappa shape index (κ1) is 16.0. The van der Waals surface area contributed by atoms with Crippen molar-refractivity contribution in [1.29, 1.82) is 0 Å². The van der Waals surface area contributed by atoms with Gasteiger partial charge in [0.15, 0.2) is 0 Å². The van der Waals surface area contributed by atoms with Gasteiger partial charge < -0.3 is 10.0 Å². The fraction of sp³-hybridized carbons (Fsp3) is 0.300. The van der Waals surface area contributed by atoms with Gasteiger partial charge in [0.05, 0.1) is 17.6 Å². The zero-order valence-electron chi connectivity index (χ0n) is 14.6. The van der Waals surface area contributed by atoms with Crippen molar-refractivity contribution in [2.45, 2.75) is 18.4 Å². The Balaban J connectivity index is 1.94. The molecule has 1 N–H and O–H groups in total. The highest BCUT2D eigenvalue weighted by atomic mass is 16.3. The predicted octanol–water partition coefficient (Wildman–Crippen LogP) is 2.83. The molecule has 0 amide bonds. The van der Waals surface area contributed by atoms with Gasteiger partial charge >= 0.3 is 0 Å². The lowest BCUT2D eigenvalue weighted by Gasteiger charge is -2.31. The fourth-order valence-electron chi connectivity index (χ4n) is 3.74. The van der Waals surface area contributed by atoms with Gasteiger partial charge in [-0.2, -0.15) is 0 Å². The number of fused-ring (bicyclic) bond motifs is 5. The normalized spacial score (nSPS) is 18.4. The molecule has 0 saturated heterocycles. The Hall–Kier alpha value is -2.50. The van der Waals surface area contributed by atoms with Crippen LogP contribution in [0.5, 0.6) is 0 Å². The number of rotatable bonds is 4. The second-order valence-electron chi connectivity index (χ2n) is 6.86. The summed E-state index contributed by atoms with van der Waals surface area (Å²) in [5.41, 5.74) is 3.53. The quantitative estimate of drug-likeness (QED) is 0.797. The number of nitrogens with zero attached hydrogens (tertiary/aromatic N) is 4. The molecule has 4 rings (SSSR count). The van der Waals surface area contributed by atoms with Crippen LogP contribution >= 0.6 is 0 Å². The summed E-state index contributed by atoms with van der Waals surface area (Å²) in [5.74, 6) is 0. The first-order valence-corrected chi connectivity index (χ1v) is 8.59. The predicted molar refractivity (Wildman–Crippen MR) is 97.6 cm³/mol. The summed E-state index contributed by atoms with van der Waals surface area (Å²) in [6, 6.07) is 16.0. The Labute approximate surface area is 147 Å². The lowest BCUT2D eigenvalue weighted by molar-refractivity contribution is 0.0674. The number of aromatic nitrogens is 3. The Bertz CT molecular complexity index is 838. The summed E-state index contributed by atoms with van der Waals surface area (Å²) < 4.78 is 1.83. The molecule has 1 atom stereocenters. The van der Waals surface area contributed by atoms with Gasteiger partial charge in [0.2, 0.25) is 0 Å². The Morgan fingerprint density at radius 2 is 1.76 bits per heavy atom. The van der Waals surface area contributed by atoms with Crippen LogP contribution < -0.4 is 0 Å². The van der Waals surface area contributed by atoms with Crippen LogP contribution in [-0.2, 0) is 5.60 Å². The van der Waals surface area contributed by atoms with Gasteiger partial charge in [0, 0.05) is 11.1 Å². The van der Waals surface area contributed by atoms with Crippen LogP contribution in [0.1, 0.15) is 24.0 Å². The lowest BCUT2D eigenvalue weighted by atomic mass is 9.80. The van der Waals surface area contributed by atoms with E-state index in [2.05, 4.69) is 29.3 Å². The molecule has 0 spiro atoms. The van der Waals surface area contributed by atoms with Crippen LogP contribution in [0, 0.1) is 0 Å². The zero-order valence-corrected chi connectivity index (χ0v) is 14.6. The highest BCUT2D eigenvalue weighted by Crippen LogP contribution is 2.44. The molecule has 1 unspecified atom stereocenters. The van der Waals surface area contributed by atoms with Gasteiger partial charge in [-0.1, -0.05) is 47.7 Å². The van der Waals surface area contributed by atoms with Gasteiger partial charge in [-0.3, -0.25) is 0 Å². The van der Waals surface area contributed by atoms with Crippen molar-refractivity contribution in [3.63, 3.8) is 0 Å². The summed E-state index contributed by atoms with van der Waals surface area (Å²) in [5, 5.41) is 20.3. The SMILES string of the molecule is CN(C)CCCC1(O)c2ccccc2-c2cnnn2-c2ccccc21. The van der Waals surface area contributed by atoms with Gasteiger partial charge in [-0.05, 0) is 45.1 Å². The third kappa shape index (κ3) is 2.56. The second kappa shape index (κ2) is 6.10. The number of para-hydroxylation sites is 1. The monoisotopic (exact) mass is 334 g/mol. The van der Waals surface area contributed by atoms with Crippen molar-refractivity contribution in [1.82, 2.24) is 19.9 Å². The Kier molecular flexibility index (Phi) is 3.90. The standard InChI is InChI=1S/C20H22N4O/c1-23(2)13-7-12-20(25)16-9-4-3-8-15(16)19-14-21-22-24(19)18-11-6-5-10-17(18)20/h3-6,8-11,14,25H,7,12-13H2,1-2H3. The molecule has 1 aliphatic rings. The number of benzene rings is 2. The first-order chi connectivity index (χ1) is 12.1. The smallest absolute Gasteiger partial charge is 0.117 e. The van der Waals surface area contributed by atoms with Crippen molar-refractivity contribution in [3.8, 4) is 16.9 Å². The van der Waals surface area contributed by atoms with Crippen molar-refractivity contribution in [2.24, 2.45) is 0 Å². The molecule has 5 heteroatoms. The molecular formula is C20H22N4O. The van der Waals surface area contributed by atoms with Gasteiger partial charge in [0.25, 0.3) is 0 Å². The highest BCUT2D eigenvalue weighted by Gasteiger charge is 2.38. The molecule has 25 heavy (non-hydrogen) atoms. The molecule has 0 aliphatic carbocycles. The van der Waals surface area contributed by atoms with E-state index in [4.69, 9.17) is 0 Å². The number of aliphatic hydroxyl groups is 1.